The van der Waals surface area contributed by atoms with Crippen LogP contribution in [0.1, 0.15) is 37.7 Å². The van der Waals surface area contributed by atoms with E-state index in [1.807, 2.05) is 18.2 Å². The topological polar surface area (TPSA) is 69.6 Å². The summed E-state index contributed by atoms with van der Waals surface area (Å²) in [4.78, 5) is 25.1. The average Bonchev–Trinajstić information content (AvgIpc) is 2.46. The zero-order chi connectivity index (χ0) is 14.5. The number of anilines is 1. The minimum absolute atomic E-state index is 0.144. The first-order valence-corrected chi connectivity index (χ1v) is 7.02. The van der Waals surface area contributed by atoms with Crippen LogP contribution in [-0.2, 0) is 4.79 Å². The smallest absolute Gasteiger partial charge is 0.321 e. The summed E-state index contributed by atoms with van der Waals surface area (Å²) < 4.78 is 0. The van der Waals surface area contributed by atoms with Crippen molar-refractivity contribution in [2.75, 3.05) is 18.0 Å². The van der Waals surface area contributed by atoms with Gasteiger partial charge in [-0.05, 0) is 24.5 Å². The van der Waals surface area contributed by atoms with E-state index in [2.05, 4.69) is 12.2 Å². The Balaban J connectivity index is 2.18. The lowest BCUT2D eigenvalue weighted by Crippen LogP contribution is -2.44. The van der Waals surface area contributed by atoms with E-state index in [1.165, 1.54) is 0 Å². The molecule has 1 aliphatic heterocycles. The third kappa shape index (κ3) is 2.92. The second-order valence-electron chi connectivity index (χ2n) is 4.98. The van der Waals surface area contributed by atoms with Crippen LogP contribution < -0.4 is 10.2 Å². The lowest BCUT2D eigenvalue weighted by molar-refractivity contribution is -0.139. The Morgan fingerprint density at radius 3 is 2.85 bits per heavy atom. The number of urea groups is 1. The van der Waals surface area contributed by atoms with Crippen LogP contribution in [0.5, 0.6) is 0 Å². The molecule has 1 aromatic rings. The van der Waals surface area contributed by atoms with E-state index in [-0.39, 0.29) is 6.03 Å². The van der Waals surface area contributed by atoms with Gasteiger partial charge in [-0.1, -0.05) is 31.5 Å². The third-order valence-corrected chi connectivity index (χ3v) is 3.59. The van der Waals surface area contributed by atoms with Gasteiger partial charge in [-0.25, -0.2) is 4.79 Å². The number of carboxylic acids is 1. The number of carbonyl (C=O) groups is 2. The van der Waals surface area contributed by atoms with Gasteiger partial charge in [0, 0.05) is 18.8 Å². The van der Waals surface area contributed by atoms with Crippen molar-refractivity contribution in [3.63, 3.8) is 0 Å². The van der Waals surface area contributed by atoms with Crippen molar-refractivity contribution in [2.45, 2.75) is 32.1 Å². The van der Waals surface area contributed by atoms with Gasteiger partial charge < -0.3 is 10.4 Å². The Kier molecular flexibility index (Phi) is 4.61. The molecule has 1 aromatic carbocycles. The van der Waals surface area contributed by atoms with Crippen molar-refractivity contribution in [1.82, 2.24) is 5.32 Å². The maximum atomic E-state index is 12.2. The van der Waals surface area contributed by atoms with Crippen molar-refractivity contribution in [1.29, 1.82) is 0 Å². The Morgan fingerprint density at radius 2 is 2.15 bits per heavy atom. The Morgan fingerprint density at radius 1 is 1.40 bits per heavy atom. The molecule has 0 spiro atoms. The number of fused-ring (bicyclic) bond motifs is 1. The largest absolute Gasteiger partial charge is 0.481 e. The molecular weight excluding hydrogens is 256 g/mol. The van der Waals surface area contributed by atoms with Crippen molar-refractivity contribution < 1.29 is 14.7 Å². The number of carbonyl (C=O) groups excluding carboxylic acids is 1. The van der Waals surface area contributed by atoms with E-state index in [0.717, 1.165) is 18.4 Å². The molecule has 0 fully saturated rings. The van der Waals surface area contributed by atoms with Gasteiger partial charge in [-0.3, -0.25) is 9.69 Å². The second-order valence-corrected chi connectivity index (χ2v) is 4.98. The number of benzene rings is 1. The molecule has 1 atom stereocenters. The fraction of sp³-hybridized carbons (Fsp3) is 0.467. The van der Waals surface area contributed by atoms with E-state index in [1.54, 1.807) is 11.0 Å². The van der Waals surface area contributed by atoms with Gasteiger partial charge in [0.15, 0.2) is 0 Å². The summed E-state index contributed by atoms with van der Waals surface area (Å²) in [5.41, 5.74) is 1.43. The van der Waals surface area contributed by atoms with Crippen molar-refractivity contribution >= 4 is 17.7 Å². The molecule has 20 heavy (non-hydrogen) atoms. The first-order chi connectivity index (χ1) is 9.65. The molecule has 2 N–H and O–H groups in total. The van der Waals surface area contributed by atoms with E-state index in [9.17, 15) is 14.7 Å². The summed E-state index contributed by atoms with van der Waals surface area (Å²) in [7, 11) is 0. The van der Waals surface area contributed by atoms with E-state index in [0.29, 0.717) is 25.2 Å². The number of hydrogen-bond acceptors (Lipinski definition) is 2. The van der Waals surface area contributed by atoms with E-state index in [4.69, 9.17) is 0 Å². The predicted octanol–water partition coefficient (Wildman–Crippen LogP) is 2.57. The highest BCUT2D eigenvalue weighted by atomic mass is 16.4. The molecule has 2 amide bonds. The first kappa shape index (κ1) is 14.4. The summed E-state index contributed by atoms with van der Waals surface area (Å²) in [6, 6.07) is 7.10. The maximum absolute atomic E-state index is 12.2. The van der Waals surface area contributed by atoms with Gasteiger partial charge in [0.25, 0.3) is 0 Å². The van der Waals surface area contributed by atoms with Crippen LogP contribution in [0.15, 0.2) is 24.3 Å². The standard InChI is InChI=1S/C15H20N2O3/c1-2-3-9-16-15(20)17-10-8-12(14(18)19)11-6-4-5-7-13(11)17/h4-7,12H,2-3,8-10H2,1H3,(H,16,20)(H,18,19). The van der Waals surface area contributed by atoms with Crippen molar-refractivity contribution in [3.8, 4) is 0 Å². The molecule has 0 saturated carbocycles. The van der Waals surface area contributed by atoms with E-state index >= 15 is 0 Å². The molecule has 0 radical (unpaired) electrons. The lowest BCUT2D eigenvalue weighted by Gasteiger charge is -2.32. The second kappa shape index (κ2) is 6.41. The molecular formula is C15H20N2O3. The molecule has 2 rings (SSSR count). The third-order valence-electron chi connectivity index (χ3n) is 3.59. The molecule has 1 unspecified atom stereocenters. The van der Waals surface area contributed by atoms with Crippen LogP contribution in [-0.4, -0.2) is 30.2 Å². The van der Waals surface area contributed by atoms with Gasteiger partial charge in [-0.15, -0.1) is 0 Å². The highest BCUT2D eigenvalue weighted by molar-refractivity contribution is 5.95. The zero-order valence-corrected chi connectivity index (χ0v) is 11.6. The number of nitrogens with zero attached hydrogens (tertiary/aromatic N) is 1. The van der Waals surface area contributed by atoms with Gasteiger partial charge >= 0.3 is 12.0 Å². The average molecular weight is 276 g/mol. The minimum atomic E-state index is -0.830. The number of carboxylic acid groups (broad SMARTS) is 1. The van der Waals surface area contributed by atoms with Crippen molar-refractivity contribution in [2.24, 2.45) is 0 Å². The van der Waals surface area contributed by atoms with Crippen LogP contribution in [0.3, 0.4) is 0 Å². The maximum Gasteiger partial charge on any atom is 0.321 e. The quantitative estimate of drug-likeness (QED) is 0.830. The van der Waals surface area contributed by atoms with Crippen molar-refractivity contribution in [3.05, 3.63) is 29.8 Å². The zero-order valence-electron chi connectivity index (χ0n) is 11.6. The van der Waals surface area contributed by atoms with Crippen LogP contribution >= 0.6 is 0 Å². The Bertz CT molecular complexity index is 502. The summed E-state index contributed by atoms with van der Waals surface area (Å²) in [5.74, 6) is -1.35. The van der Waals surface area contributed by atoms with Crippen LogP contribution in [0.25, 0.3) is 0 Å². The summed E-state index contributed by atoms with van der Waals surface area (Å²) in [6.45, 7) is 3.15. The van der Waals surface area contributed by atoms with Gasteiger partial charge in [0.1, 0.15) is 0 Å². The molecule has 0 bridgehead atoms. The number of nitrogens with one attached hydrogen (secondary N) is 1. The van der Waals surface area contributed by atoms with Crippen LogP contribution in [0, 0.1) is 0 Å². The number of para-hydroxylation sites is 1. The van der Waals surface area contributed by atoms with Gasteiger partial charge in [0.2, 0.25) is 0 Å². The number of aliphatic carboxylic acids is 1. The number of rotatable bonds is 4. The summed E-state index contributed by atoms with van der Waals surface area (Å²) in [5, 5.41) is 12.1. The summed E-state index contributed by atoms with van der Waals surface area (Å²) >= 11 is 0. The van der Waals surface area contributed by atoms with E-state index < -0.39 is 11.9 Å². The molecule has 0 aromatic heterocycles. The SMILES string of the molecule is CCCCNC(=O)N1CCC(C(=O)O)c2ccccc21. The summed E-state index contributed by atoms with van der Waals surface area (Å²) in [6.07, 6.45) is 2.42. The highest BCUT2D eigenvalue weighted by Gasteiger charge is 2.32. The fourth-order valence-electron chi connectivity index (χ4n) is 2.50. The van der Waals surface area contributed by atoms with Gasteiger partial charge in [0.05, 0.1) is 5.92 Å². The number of amides is 2. The first-order valence-electron chi connectivity index (χ1n) is 7.02. The monoisotopic (exact) mass is 276 g/mol. The number of unbranched alkanes of at least 4 members (excludes halogenated alkanes) is 1. The highest BCUT2D eigenvalue weighted by Crippen LogP contribution is 2.35. The molecule has 108 valence electrons. The minimum Gasteiger partial charge on any atom is -0.481 e. The number of hydrogen-bond donors (Lipinski definition) is 2. The van der Waals surface area contributed by atoms with Gasteiger partial charge in [-0.2, -0.15) is 0 Å². The predicted molar refractivity (Wildman–Crippen MR) is 77.1 cm³/mol. The fourth-order valence-corrected chi connectivity index (χ4v) is 2.50. The molecule has 5 nitrogen and oxygen atoms in total. The normalized spacial score (nSPS) is 17.4. The lowest BCUT2D eigenvalue weighted by atomic mass is 9.90. The molecule has 5 heteroatoms. The molecule has 0 saturated heterocycles. The van der Waals surface area contributed by atoms with Crippen LogP contribution in [0.4, 0.5) is 10.5 Å². The molecule has 0 aliphatic carbocycles. The molecule has 1 heterocycles. The Labute approximate surface area is 118 Å². The molecule has 1 aliphatic rings. The Hall–Kier alpha value is -2.04. The van der Waals surface area contributed by atoms with Crippen LogP contribution in [0.2, 0.25) is 0 Å².